The second-order valence-electron chi connectivity index (χ2n) is 6.87. The number of fused-ring (bicyclic) bond motifs is 1. The summed E-state index contributed by atoms with van der Waals surface area (Å²) in [5.74, 6) is 2.69. The van der Waals surface area contributed by atoms with Gasteiger partial charge in [0, 0.05) is 14.7 Å². The standard InChI is InChI=1S/C25H21IO5/c1-28-23-10-3-17(14-19(23)16-31-21-7-5-20(26)6-8-21)2-9-22(27)18-4-11-24-25(15-18)30-13-12-29-24/h2-11,14-15H,12-13,16H2,1H3/b9-2+. The Labute approximate surface area is 194 Å². The highest BCUT2D eigenvalue weighted by atomic mass is 127. The van der Waals surface area contributed by atoms with Gasteiger partial charge in [-0.2, -0.15) is 0 Å². The Morgan fingerprint density at radius 3 is 2.55 bits per heavy atom. The predicted molar refractivity (Wildman–Crippen MR) is 127 cm³/mol. The summed E-state index contributed by atoms with van der Waals surface area (Å²) in [6.45, 7) is 1.37. The van der Waals surface area contributed by atoms with Crippen molar-refractivity contribution in [3.05, 3.63) is 87.0 Å². The second kappa shape index (κ2) is 9.87. The van der Waals surface area contributed by atoms with Crippen LogP contribution in [0.25, 0.3) is 6.08 Å². The van der Waals surface area contributed by atoms with Crippen LogP contribution in [0, 0.1) is 3.57 Å². The highest BCUT2D eigenvalue weighted by Gasteiger charge is 2.14. The van der Waals surface area contributed by atoms with Crippen LogP contribution < -0.4 is 18.9 Å². The van der Waals surface area contributed by atoms with Crippen LogP contribution in [0.15, 0.2) is 66.7 Å². The van der Waals surface area contributed by atoms with Crippen LogP contribution in [0.5, 0.6) is 23.0 Å². The molecule has 158 valence electrons. The molecule has 0 aliphatic carbocycles. The minimum atomic E-state index is -0.107. The summed E-state index contributed by atoms with van der Waals surface area (Å²) in [6.07, 6.45) is 3.34. The zero-order valence-corrected chi connectivity index (χ0v) is 19.1. The van der Waals surface area contributed by atoms with E-state index >= 15 is 0 Å². The maximum atomic E-state index is 12.6. The number of benzene rings is 3. The predicted octanol–water partition coefficient (Wildman–Crippen LogP) is 5.55. The van der Waals surface area contributed by atoms with Crippen molar-refractivity contribution < 1.29 is 23.7 Å². The topological polar surface area (TPSA) is 54.0 Å². The van der Waals surface area contributed by atoms with E-state index in [0.29, 0.717) is 36.9 Å². The number of allylic oxidation sites excluding steroid dienone is 1. The first-order valence-corrected chi connectivity index (χ1v) is 10.9. The quantitative estimate of drug-likeness (QED) is 0.229. The lowest BCUT2D eigenvalue weighted by atomic mass is 10.1. The zero-order chi connectivity index (χ0) is 21.6. The van der Waals surface area contributed by atoms with Gasteiger partial charge in [-0.25, -0.2) is 0 Å². The van der Waals surface area contributed by atoms with E-state index in [1.165, 1.54) is 0 Å². The van der Waals surface area contributed by atoms with Crippen LogP contribution in [0.2, 0.25) is 0 Å². The second-order valence-corrected chi connectivity index (χ2v) is 8.12. The molecular weight excluding hydrogens is 507 g/mol. The molecule has 0 unspecified atom stereocenters. The van der Waals surface area contributed by atoms with Gasteiger partial charge >= 0.3 is 0 Å². The van der Waals surface area contributed by atoms with Crippen LogP contribution in [0.4, 0.5) is 0 Å². The normalized spacial score (nSPS) is 12.6. The SMILES string of the molecule is COc1ccc(/C=C/C(=O)c2ccc3c(c2)OCCO3)cc1COc1ccc(I)cc1. The molecule has 1 aliphatic heterocycles. The molecule has 0 aromatic heterocycles. The molecule has 3 aromatic rings. The first kappa shape index (κ1) is 21.2. The Balaban J connectivity index is 1.47. The molecule has 4 rings (SSSR count). The minimum Gasteiger partial charge on any atom is -0.496 e. The largest absolute Gasteiger partial charge is 0.496 e. The average molecular weight is 528 g/mol. The van der Waals surface area contributed by atoms with Gasteiger partial charge in [0.25, 0.3) is 0 Å². The molecular formula is C25H21IO5. The number of ketones is 1. The number of ether oxygens (including phenoxy) is 4. The highest BCUT2D eigenvalue weighted by Crippen LogP contribution is 2.31. The number of carbonyl (C=O) groups excluding carboxylic acids is 1. The van der Waals surface area contributed by atoms with E-state index in [2.05, 4.69) is 22.6 Å². The van der Waals surface area contributed by atoms with Crippen molar-refractivity contribution in [3.63, 3.8) is 0 Å². The van der Waals surface area contributed by atoms with Gasteiger partial charge in [0.1, 0.15) is 31.3 Å². The van der Waals surface area contributed by atoms with Crippen molar-refractivity contribution >= 4 is 34.5 Å². The van der Waals surface area contributed by atoms with E-state index in [1.54, 1.807) is 37.5 Å². The lowest BCUT2D eigenvalue weighted by molar-refractivity contribution is 0.104. The third kappa shape index (κ3) is 5.38. The van der Waals surface area contributed by atoms with Gasteiger partial charge in [-0.15, -0.1) is 0 Å². The Kier molecular flexibility index (Phi) is 6.76. The van der Waals surface area contributed by atoms with E-state index in [9.17, 15) is 4.79 Å². The Hall–Kier alpha value is -3.00. The highest BCUT2D eigenvalue weighted by molar-refractivity contribution is 14.1. The van der Waals surface area contributed by atoms with Crippen molar-refractivity contribution in [3.8, 4) is 23.0 Å². The van der Waals surface area contributed by atoms with Crippen molar-refractivity contribution in [1.29, 1.82) is 0 Å². The fourth-order valence-corrected chi connectivity index (χ4v) is 3.53. The van der Waals surface area contributed by atoms with Gasteiger partial charge in [0.05, 0.1) is 7.11 Å². The van der Waals surface area contributed by atoms with E-state index in [0.717, 1.165) is 26.2 Å². The molecule has 0 bridgehead atoms. The third-order valence-electron chi connectivity index (χ3n) is 4.77. The smallest absolute Gasteiger partial charge is 0.185 e. The lowest BCUT2D eigenvalue weighted by Crippen LogP contribution is -2.15. The fraction of sp³-hybridized carbons (Fsp3) is 0.160. The molecule has 3 aromatic carbocycles. The summed E-state index contributed by atoms with van der Waals surface area (Å²) >= 11 is 2.26. The molecule has 1 heterocycles. The molecule has 0 radical (unpaired) electrons. The molecule has 6 heteroatoms. The summed E-state index contributed by atoms with van der Waals surface area (Å²) < 4.78 is 23.6. The molecule has 0 N–H and O–H groups in total. The minimum absolute atomic E-state index is 0.107. The van der Waals surface area contributed by atoms with Crippen molar-refractivity contribution in [2.45, 2.75) is 6.61 Å². The molecule has 0 spiro atoms. The first-order valence-electron chi connectivity index (χ1n) is 9.80. The number of carbonyl (C=O) groups is 1. The summed E-state index contributed by atoms with van der Waals surface area (Å²) in [5, 5.41) is 0. The van der Waals surface area contributed by atoms with E-state index in [4.69, 9.17) is 18.9 Å². The monoisotopic (exact) mass is 528 g/mol. The molecule has 0 saturated carbocycles. The molecule has 0 saturated heterocycles. The fourth-order valence-electron chi connectivity index (χ4n) is 3.17. The van der Waals surface area contributed by atoms with Gasteiger partial charge in [-0.3, -0.25) is 4.79 Å². The summed E-state index contributed by atoms with van der Waals surface area (Å²) in [7, 11) is 1.63. The number of halogens is 1. The Morgan fingerprint density at radius 2 is 1.77 bits per heavy atom. The van der Waals surface area contributed by atoms with Gasteiger partial charge in [-0.1, -0.05) is 12.1 Å². The number of methoxy groups -OCH3 is 1. The van der Waals surface area contributed by atoms with E-state index in [1.807, 2.05) is 42.5 Å². The zero-order valence-electron chi connectivity index (χ0n) is 17.0. The van der Waals surface area contributed by atoms with Gasteiger partial charge in [0.2, 0.25) is 0 Å². The third-order valence-corrected chi connectivity index (χ3v) is 5.49. The van der Waals surface area contributed by atoms with Crippen LogP contribution in [-0.2, 0) is 6.61 Å². The Bertz CT molecular complexity index is 1110. The number of hydrogen-bond donors (Lipinski definition) is 0. The number of rotatable bonds is 7. The molecule has 1 aliphatic rings. The maximum Gasteiger partial charge on any atom is 0.185 e. The average Bonchev–Trinajstić information content (AvgIpc) is 2.82. The lowest BCUT2D eigenvalue weighted by Gasteiger charge is -2.18. The number of hydrogen-bond acceptors (Lipinski definition) is 5. The van der Waals surface area contributed by atoms with Crippen molar-refractivity contribution in [2.75, 3.05) is 20.3 Å². The van der Waals surface area contributed by atoms with Gasteiger partial charge in [0.15, 0.2) is 17.3 Å². The van der Waals surface area contributed by atoms with Crippen molar-refractivity contribution in [1.82, 2.24) is 0 Å². The molecule has 31 heavy (non-hydrogen) atoms. The van der Waals surface area contributed by atoms with Crippen molar-refractivity contribution in [2.24, 2.45) is 0 Å². The van der Waals surface area contributed by atoms with Crippen LogP contribution in [-0.4, -0.2) is 26.1 Å². The first-order chi connectivity index (χ1) is 15.1. The van der Waals surface area contributed by atoms with Gasteiger partial charge < -0.3 is 18.9 Å². The summed E-state index contributed by atoms with van der Waals surface area (Å²) in [5.41, 5.74) is 2.33. The molecule has 0 atom stereocenters. The Morgan fingerprint density at radius 1 is 1.00 bits per heavy atom. The molecule has 0 fully saturated rings. The van der Waals surface area contributed by atoms with Gasteiger partial charge in [-0.05, 0) is 88.8 Å². The molecule has 5 nitrogen and oxygen atoms in total. The van der Waals surface area contributed by atoms with Crippen LogP contribution >= 0.6 is 22.6 Å². The van der Waals surface area contributed by atoms with E-state index in [-0.39, 0.29) is 5.78 Å². The van der Waals surface area contributed by atoms with Crippen LogP contribution in [0.1, 0.15) is 21.5 Å². The maximum absolute atomic E-state index is 12.6. The molecule has 0 amide bonds. The summed E-state index contributed by atoms with van der Waals surface area (Å²) in [4.78, 5) is 12.6. The summed E-state index contributed by atoms with van der Waals surface area (Å²) in [6, 6.07) is 18.8. The van der Waals surface area contributed by atoms with Crippen LogP contribution in [0.3, 0.4) is 0 Å². The van der Waals surface area contributed by atoms with E-state index < -0.39 is 0 Å².